The van der Waals surface area contributed by atoms with Gasteiger partial charge in [-0.1, -0.05) is 0 Å². The first-order chi connectivity index (χ1) is 8.35. The van der Waals surface area contributed by atoms with E-state index in [4.69, 9.17) is 0 Å². The van der Waals surface area contributed by atoms with Gasteiger partial charge in [0.05, 0.1) is 12.2 Å². The predicted molar refractivity (Wildman–Crippen MR) is 66.1 cm³/mol. The summed E-state index contributed by atoms with van der Waals surface area (Å²) in [7, 11) is 0. The molecule has 17 heavy (non-hydrogen) atoms. The van der Waals surface area contributed by atoms with Crippen LogP contribution in [0.15, 0.2) is 12.3 Å². The summed E-state index contributed by atoms with van der Waals surface area (Å²) >= 11 is 0. The summed E-state index contributed by atoms with van der Waals surface area (Å²) in [5, 5.41) is 14.9. The van der Waals surface area contributed by atoms with Crippen molar-refractivity contribution < 1.29 is 0 Å². The molecule has 0 amide bonds. The molecule has 1 saturated carbocycles. The van der Waals surface area contributed by atoms with E-state index < -0.39 is 0 Å². The molecule has 92 valence electrons. The zero-order valence-electron chi connectivity index (χ0n) is 9.95. The van der Waals surface area contributed by atoms with Gasteiger partial charge in [0, 0.05) is 31.2 Å². The Morgan fingerprint density at radius 1 is 1.41 bits per heavy atom. The van der Waals surface area contributed by atoms with Crippen LogP contribution < -0.4 is 16.0 Å². The molecule has 1 aliphatic carbocycles. The largest absolute Gasteiger partial charge is 0.368 e. The fraction of sp³-hybridized carbons (Fsp3) is 0.750. The minimum atomic E-state index is 0.387. The monoisotopic (exact) mass is 233 g/mol. The highest BCUT2D eigenvalue weighted by atomic mass is 15.4. The van der Waals surface area contributed by atoms with Crippen LogP contribution in [-0.4, -0.2) is 41.5 Å². The van der Waals surface area contributed by atoms with Gasteiger partial charge in [-0.15, -0.1) is 0 Å². The van der Waals surface area contributed by atoms with Crippen molar-refractivity contribution in [2.75, 3.05) is 31.5 Å². The molecular weight excluding hydrogens is 214 g/mol. The van der Waals surface area contributed by atoms with Gasteiger partial charge in [0.15, 0.2) is 0 Å². The van der Waals surface area contributed by atoms with Crippen LogP contribution in [0.5, 0.6) is 0 Å². The van der Waals surface area contributed by atoms with Crippen LogP contribution in [0.3, 0.4) is 0 Å². The number of fused-ring (bicyclic) bond motifs is 1. The summed E-state index contributed by atoms with van der Waals surface area (Å²) in [6.45, 7) is 4.34. The SMILES string of the molecule is c1cc(NCC23CC(CN2)C3)n(C2CNC2)n1. The molecule has 0 radical (unpaired) electrons. The Labute approximate surface area is 101 Å². The first-order valence-electron chi connectivity index (χ1n) is 6.58. The predicted octanol–water partition coefficient (Wildman–Crippen LogP) is 0.191. The Balaban J connectivity index is 1.43. The molecule has 0 spiro atoms. The molecule has 4 heterocycles. The lowest BCUT2D eigenvalue weighted by Gasteiger charge is -2.38. The van der Waals surface area contributed by atoms with Crippen molar-refractivity contribution in [3.05, 3.63) is 12.3 Å². The molecule has 3 N–H and O–H groups in total. The van der Waals surface area contributed by atoms with Gasteiger partial charge in [0.25, 0.3) is 0 Å². The van der Waals surface area contributed by atoms with Crippen LogP contribution in [0.4, 0.5) is 5.82 Å². The van der Waals surface area contributed by atoms with E-state index in [0.29, 0.717) is 11.6 Å². The van der Waals surface area contributed by atoms with Crippen LogP contribution in [-0.2, 0) is 0 Å². The third kappa shape index (κ3) is 1.49. The minimum absolute atomic E-state index is 0.387. The zero-order valence-corrected chi connectivity index (χ0v) is 9.95. The van der Waals surface area contributed by atoms with E-state index in [9.17, 15) is 0 Å². The maximum Gasteiger partial charge on any atom is 0.124 e. The van der Waals surface area contributed by atoms with Gasteiger partial charge in [0.2, 0.25) is 0 Å². The highest BCUT2D eigenvalue weighted by molar-refractivity contribution is 5.36. The van der Waals surface area contributed by atoms with Gasteiger partial charge in [-0.3, -0.25) is 0 Å². The Morgan fingerprint density at radius 3 is 2.94 bits per heavy atom. The molecule has 0 aromatic carbocycles. The number of rotatable bonds is 4. The van der Waals surface area contributed by atoms with Gasteiger partial charge in [-0.05, 0) is 25.3 Å². The van der Waals surface area contributed by atoms with E-state index in [0.717, 1.165) is 25.6 Å². The third-order valence-electron chi connectivity index (χ3n) is 4.51. The first kappa shape index (κ1) is 9.91. The van der Waals surface area contributed by atoms with Gasteiger partial charge in [-0.2, -0.15) is 5.10 Å². The second-order valence-electron chi connectivity index (χ2n) is 5.76. The van der Waals surface area contributed by atoms with E-state index in [-0.39, 0.29) is 0 Å². The summed E-state index contributed by atoms with van der Waals surface area (Å²) < 4.78 is 2.12. The van der Waals surface area contributed by atoms with Crippen molar-refractivity contribution in [2.24, 2.45) is 5.92 Å². The molecule has 5 nitrogen and oxygen atoms in total. The summed E-state index contributed by atoms with van der Waals surface area (Å²) in [5.41, 5.74) is 0.387. The highest BCUT2D eigenvalue weighted by Crippen LogP contribution is 2.43. The number of nitrogens with one attached hydrogen (secondary N) is 3. The quantitative estimate of drug-likeness (QED) is 0.695. The van der Waals surface area contributed by atoms with Gasteiger partial charge in [-0.25, -0.2) is 4.68 Å². The van der Waals surface area contributed by atoms with Crippen molar-refractivity contribution in [1.29, 1.82) is 0 Å². The fourth-order valence-corrected chi connectivity index (χ4v) is 3.35. The topological polar surface area (TPSA) is 53.9 Å². The lowest BCUT2D eigenvalue weighted by atomic mass is 9.73. The maximum absolute atomic E-state index is 4.41. The van der Waals surface area contributed by atoms with Crippen molar-refractivity contribution in [1.82, 2.24) is 20.4 Å². The van der Waals surface area contributed by atoms with Gasteiger partial charge in [0.1, 0.15) is 5.82 Å². The average molecular weight is 233 g/mol. The molecule has 5 rings (SSSR count). The van der Waals surface area contributed by atoms with Gasteiger partial charge >= 0.3 is 0 Å². The van der Waals surface area contributed by atoms with Crippen molar-refractivity contribution in [3.8, 4) is 0 Å². The molecule has 0 unspecified atom stereocenters. The zero-order chi connectivity index (χ0) is 11.3. The van der Waals surface area contributed by atoms with Crippen LogP contribution >= 0.6 is 0 Å². The van der Waals surface area contributed by atoms with E-state index in [1.54, 1.807) is 0 Å². The smallest absolute Gasteiger partial charge is 0.124 e. The maximum atomic E-state index is 4.41. The van der Waals surface area contributed by atoms with E-state index in [2.05, 4.69) is 31.8 Å². The summed E-state index contributed by atoms with van der Waals surface area (Å²) in [5.74, 6) is 2.11. The standard InChI is InChI=1S/C12H19N5/c1-2-16-17(10-6-13-7-10)11(1)14-8-12-3-9(4-12)5-15-12/h1-2,9-10,13-15H,3-8H2. The number of aromatic nitrogens is 2. The summed E-state index contributed by atoms with van der Waals surface area (Å²) in [6.07, 6.45) is 4.59. The Bertz CT molecular complexity index is 411. The summed E-state index contributed by atoms with van der Waals surface area (Å²) in [6, 6.07) is 2.62. The molecule has 2 bridgehead atoms. The molecule has 3 saturated heterocycles. The van der Waals surface area contributed by atoms with Crippen LogP contribution in [0.2, 0.25) is 0 Å². The lowest BCUT2D eigenvalue weighted by molar-refractivity contribution is 0.240. The molecule has 3 aliphatic heterocycles. The van der Waals surface area contributed by atoms with Crippen LogP contribution in [0.1, 0.15) is 18.9 Å². The molecule has 1 aromatic rings. The summed E-state index contributed by atoms with van der Waals surface area (Å²) in [4.78, 5) is 0. The molecular formula is C12H19N5. The van der Waals surface area contributed by atoms with E-state index >= 15 is 0 Å². The number of hydrogen-bond donors (Lipinski definition) is 3. The number of hydrogen-bond acceptors (Lipinski definition) is 4. The molecule has 4 aliphatic rings. The van der Waals surface area contributed by atoms with Crippen LogP contribution in [0, 0.1) is 5.92 Å². The van der Waals surface area contributed by atoms with Crippen molar-refractivity contribution >= 4 is 5.82 Å². The number of nitrogens with zero attached hydrogens (tertiary/aromatic N) is 2. The Morgan fingerprint density at radius 2 is 2.29 bits per heavy atom. The molecule has 1 aromatic heterocycles. The third-order valence-corrected chi connectivity index (χ3v) is 4.51. The first-order valence-corrected chi connectivity index (χ1v) is 6.58. The molecule has 4 fully saturated rings. The van der Waals surface area contributed by atoms with Crippen molar-refractivity contribution in [3.63, 3.8) is 0 Å². The normalized spacial score (nSPS) is 35.4. The second kappa shape index (κ2) is 3.46. The lowest BCUT2D eigenvalue weighted by Crippen LogP contribution is -2.49. The fourth-order valence-electron chi connectivity index (χ4n) is 3.35. The van der Waals surface area contributed by atoms with Crippen molar-refractivity contribution in [2.45, 2.75) is 24.4 Å². The highest BCUT2D eigenvalue weighted by Gasteiger charge is 2.49. The minimum Gasteiger partial charge on any atom is -0.368 e. The Hall–Kier alpha value is -1.07. The van der Waals surface area contributed by atoms with E-state index in [1.165, 1.54) is 25.2 Å². The molecule has 5 heteroatoms. The molecule has 0 atom stereocenters. The van der Waals surface area contributed by atoms with Crippen LogP contribution in [0.25, 0.3) is 0 Å². The number of anilines is 1. The Kier molecular flexibility index (Phi) is 2.02. The second-order valence-corrected chi connectivity index (χ2v) is 5.76. The average Bonchev–Trinajstić information content (AvgIpc) is 2.84. The van der Waals surface area contributed by atoms with Gasteiger partial charge < -0.3 is 16.0 Å². The van der Waals surface area contributed by atoms with E-state index in [1.807, 2.05) is 6.20 Å².